The molecule has 0 bridgehead atoms. The van der Waals surface area contributed by atoms with Crippen molar-refractivity contribution in [3.05, 3.63) is 54.1 Å². The molecular weight excluding hydrogens is 213 g/mol. The van der Waals surface area contributed by atoms with Crippen molar-refractivity contribution in [2.75, 3.05) is 5.32 Å². The molecule has 0 fully saturated rings. The number of para-hydroxylation sites is 3. The van der Waals surface area contributed by atoms with E-state index in [2.05, 4.69) is 11.4 Å². The lowest BCUT2D eigenvalue weighted by Crippen LogP contribution is -2.39. The number of fused-ring (bicyclic) bond motifs is 4. The van der Waals surface area contributed by atoms with E-state index < -0.39 is 0 Å². The second-order valence-electron chi connectivity index (χ2n) is 4.26. The molecule has 2 heterocycles. The van der Waals surface area contributed by atoms with E-state index >= 15 is 0 Å². The molecule has 0 saturated heterocycles. The van der Waals surface area contributed by atoms with Crippen LogP contribution in [-0.4, -0.2) is 7.12 Å². The Morgan fingerprint density at radius 3 is 2.53 bits per heavy atom. The minimum absolute atomic E-state index is 0.0844. The van der Waals surface area contributed by atoms with Crippen molar-refractivity contribution < 1.29 is 9.31 Å². The van der Waals surface area contributed by atoms with Crippen LogP contribution in [-0.2, 0) is 0 Å². The first kappa shape index (κ1) is 8.99. The quantitative estimate of drug-likeness (QED) is 0.696. The zero-order chi connectivity index (χ0) is 11.2. The summed E-state index contributed by atoms with van der Waals surface area (Å²) in [5.74, 6) is 1.84. The largest absolute Gasteiger partial charge is 0.623 e. The van der Waals surface area contributed by atoms with E-state index in [4.69, 9.17) is 9.31 Å². The van der Waals surface area contributed by atoms with Crippen LogP contribution in [0.25, 0.3) is 0 Å². The predicted octanol–water partition coefficient (Wildman–Crippen LogP) is 2.65. The van der Waals surface area contributed by atoms with Crippen LogP contribution in [0.4, 0.5) is 5.69 Å². The molecule has 82 valence electrons. The minimum Gasteiger partial charge on any atom is -0.524 e. The van der Waals surface area contributed by atoms with Gasteiger partial charge in [-0.25, -0.2) is 0 Å². The molecule has 2 aliphatic heterocycles. The summed E-state index contributed by atoms with van der Waals surface area (Å²) in [4.78, 5) is 0. The topological polar surface area (TPSA) is 30.5 Å². The SMILES string of the molecule is c1ccc2c(c1)NC1B(O2)Oc2ccccc21. The number of nitrogens with one attached hydrogen (secondary N) is 1. The summed E-state index contributed by atoms with van der Waals surface area (Å²) < 4.78 is 11.6. The molecule has 0 aliphatic carbocycles. The van der Waals surface area contributed by atoms with Gasteiger partial charge in [0.2, 0.25) is 0 Å². The van der Waals surface area contributed by atoms with Crippen LogP contribution in [0.1, 0.15) is 11.5 Å². The Morgan fingerprint density at radius 1 is 0.882 bits per heavy atom. The first-order chi connectivity index (χ1) is 8.42. The number of anilines is 1. The van der Waals surface area contributed by atoms with Gasteiger partial charge in [-0.2, -0.15) is 0 Å². The lowest BCUT2D eigenvalue weighted by Gasteiger charge is -2.26. The summed E-state index contributed by atoms with van der Waals surface area (Å²) in [6.45, 7) is 0. The van der Waals surface area contributed by atoms with Gasteiger partial charge < -0.3 is 14.6 Å². The molecule has 0 aromatic heterocycles. The maximum Gasteiger partial charge on any atom is 0.623 e. The molecule has 4 heteroatoms. The molecule has 0 spiro atoms. The summed E-state index contributed by atoms with van der Waals surface area (Å²) in [7, 11) is -0.262. The minimum atomic E-state index is -0.262. The summed E-state index contributed by atoms with van der Waals surface area (Å²) in [6.07, 6.45) is 0. The van der Waals surface area contributed by atoms with Crippen LogP contribution in [0.3, 0.4) is 0 Å². The van der Waals surface area contributed by atoms with Crippen molar-refractivity contribution in [3.8, 4) is 11.5 Å². The highest BCUT2D eigenvalue weighted by Crippen LogP contribution is 2.42. The fraction of sp³-hybridized carbons (Fsp3) is 0.0769. The van der Waals surface area contributed by atoms with E-state index in [0.29, 0.717) is 0 Å². The molecule has 2 aromatic rings. The van der Waals surface area contributed by atoms with Gasteiger partial charge in [0.1, 0.15) is 17.4 Å². The number of benzene rings is 2. The number of rotatable bonds is 0. The molecule has 2 aliphatic rings. The van der Waals surface area contributed by atoms with Crippen molar-refractivity contribution in [2.45, 2.75) is 5.94 Å². The maximum absolute atomic E-state index is 5.85. The first-order valence-electron chi connectivity index (χ1n) is 5.70. The van der Waals surface area contributed by atoms with Gasteiger partial charge in [-0.15, -0.1) is 0 Å². The van der Waals surface area contributed by atoms with Gasteiger partial charge in [0.25, 0.3) is 0 Å². The Hall–Kier alpha value is -2.10. The third-order valence-electron chi connectivity index (χ3n) is 3.21. The van der Waals surface area contributed by atoms with Crippen LogP contribution in [0.5, 0.6) is 11.5 Å². The standard InChI is InChI=1S/C13H10BNO2/c1-3-7-11-9(5-1)13-14(16-11)17-12-8-4-2-6-10(12)15-13/h1-8,13,15H. The molecule has 1 N–H and O–H groups in total. The smallest absolute Gasteiger partial charge is 0.524 e. The zero-order valence-corrected chi connectivity index (χ0v) is 9.09. The van der Waals surface area contributed by atoms with Crippen molar-refractivity contribution in [1.29, 1.82) is 0 Å². The second kappa shape index (κ2) is 3.20. The van der Waals surface area contributed by atoms with Crippen LogP contribution in [0.15, 0.2) is 48.5 Å². The summed E-state index contributed by atoms with van der Waals surface area (Å²) >= 11 is 0. The Bertz CT molecular complexity index is 581. The van der Waals surface area contributed by atoms with E-state index in [9.17, 15) is 0 Å². The molecule has 2 aromatic carbocycles. The van der Waals surface area contributed by atoms with Crippen LogP contribution >= 0.6 is 0 Å². The summed E-state index contributed by atoms with van der Waals surface area (Å²) in [5.41, 5.74) is 2.18. The fourth-order valence-electron chi connectivity index (χ4n) is 2.40. The lowest BCUT2D eigenvalue weighted by molar-refractivity contribution is 0.425. The van der Waals surface area contributed by atoms with Crippen LogP contribution < -0.4 is 14.6 Å². The third-order valence-corrected chi connectivity index (χ3v) is 3.21. The Morgan fingerprint density at radius 2 is 1.59 bits per heavy atom. The molecule has 17 heavy (non-hydrogen) atoms. The van der Waals surface area contributed by atoms with Crippen LogP contribution in [0.2, 0.25) is 0 Å². The Labute approximate surface area is 99.5 Å². The molecule has 3 nitrogen and oxygen atoms in total. The van der Waals surface area contributed by atoms with Gasteiger partial charge in [0, 0.05) is 5.56 Å². The average molecular weight is 223 g/mol. The maximum atomic E-state index is 5.85. The second-order valence-corrected chi connectivity index (χ2v) is 4.26. The third kappa shape index (κ3) is 1.24. The predicted molar refractivity (Wildman–Crippen MR) is 66.3 cm³/mol. The molecule has 1 atom stereocenters. The Balaban J connectivity index is 1.79. The molecule has 0 radical (unpaired) electrons. The molecule has 1 unspecified atom stereocenters. The van der Waals surface area contributed by atoms with E-state index in [1.54, 1.807) is 0 Å². The zero-order valence-electron chi connectivity index (χ0n) is 9.09. The van der Waals surface area contributed by atoms with Crippen molar-refractivity contribution in [2.24, 2.45) is 0 Å². The number of hydrogen-bond acceptors (Lipinski definition) is 3. The summed E-state index contributed by atoms with van der Waals surface area (Å²) in [5, 5.41) is 3.47. The summed E-state index contributed by atoms with van der Waals surface area (Å²) in [6, 6.07) is 16.0. The van der Waals surface area contributed by atoms with Gasteiger partial charge >= 0.3 is 7.12 Å². The highest BCUT2D eigenvalue weighted by molar-refractivity contribution is 6.51. The van der Waals surface area contributed by atoms with E-state index in [1.807, 2.05) is 42.5 Å². The highest BCUT2D eigenvalue weighted by Gasteiger charge is 2.46. The van der Waals surface area contributed by atoms with Gasteiger partial charge in [-0.05, 0) is 18.2 Å². The Kier molecular flexibility index (Phi) is 1.69. The molecular formula is C13H10BNO2. The normalized spacial score (nSPS) is 19.3. The van der Waals surface area contributed by atoms with Gasteiger partial charge in [-0.3, -0.25) is 0 Å². The van der Waals surface area contributed by atoms with Crippen LogP contribution in [0, 0.1) is 0 Å². The van der Waals surface area contributed by atoms with Crippen molar-refractivity contribution in [1.82, 2.24) is 0 Å². The van der Waals surface area contributed by atoms with Crippen molar-refractivity contribution in [3.63, 3.8) is 0 Å². The van der Waals surface area contributed by atoms with E-state index in [1.165, 1.54) is 0 Å². The van der Waals surface area contributed by atoms with E-state index in [0.717, 1.165) is 22.7 Å². The van der Waals surface area contributed by atoms with Gasteiger partial charge in [0.15, 0.2) is 0 Å². The van der Waals surface area contributed by atoms with E-state index in [-0.39, 0.29) is 13.1 Å². The highest BCUT2D eigenvalue weighted by atomic mass is 16.6. The molecule has 0 saturated carbocycles. The lowest BCUT2D eigenvalue weighted by atomic mass is 9.75. The fourth-order valence-corrected chi connectivity index (χ4v) is 2.40. The van der Waals surface area contributed by atoms with Gasteiger partial charge in [0.05, 0.1) is 5.69 Å². The molecule has 4 rings (SSSR count). The van der Waals surface area contributed by atoms with Crippen molar-refractivity contribution >= 4 is 12.8 Å². The number of hydrogen-bond donors (Lipinski definition) is 1. The monoisotopic (exact) mass is 223 g/mol. The van der Waals surface area contributed by atoms with Gasteiger partial charge in [-0.1, -0.05) is 30.3 Å². The first-order valence-corrected chi connectivity index (χ1v) is 5.70. The molecule has 0 amide bonds. The average Bonchev–Trinajstić information content (AvgIpc) is 2.73.